The molecule has 0 spiro atoms. The van der Waals surface area contributed by atoms with Crippen molar-refractivity contribution < 1.29 is 0 Å². The SMILES string of the molecule is C=C/C=C(\CCC)c1ccc(-c2c(C=C)c(C=C)c(-c3ccc(C(/C=C\C=C/C)=C(\C)CC)cc3)c3ccc(-c4ccccc4)cc23)cc1. The van der Waals surface area contributed by atoms with Gasteiger partial charge in [0.25, 0.3) is 0 Å². The minimum Gasteiger partial charge on any atom is -0.0991 e. The van der Waals surface area contributed by atoms with E-state index in [1.165, 1.54) is 60.9 Å². The van der Waals surface area contributed by atoms with Gasteiger partial charge in [-0.05, 0) is 110 Å². The summed E-state index contributed by atoms with van der Waals surface area (Å²) in [4.78, 5) is 0. The van der Waals surface area contributed by atoms with Crippen molar-refractivity contribution in [1.82, 2.24) is 0 Å². The second-order valence-electron chi connectivity index (χ2n) is 12.4. The van der Waals surface area contributed by atoms with Gasteiger partial charge in [-0.25, -0.2) is 0 Å². The van der Waals surface area contributed by atoms with Gasteiger partial charge in [-0.15, -0.1) is 0 Å². The predicted molar refractivity (Wildman–Crippen MR) is 220 cm³/mol. The van der Waals surface area contributed by atoms with Crippen molar-refractivity contribution in [1.29, 1.82) is 0 Å². The maximum atomic E-state index is 4.36. The van der Waals surface area contributed by atoms with Crippen molar-refractivity contribution in [3.63, 3.8) is 0 Å². The number of hydrogen-bond donors (Lipinski definition) is 0. The first kappa shape index (κ1) is 34.9. The zero-order chi connectivity index (χ0) is 34.8. The second-order valence-corrected chi connectivity index (χ2v) is 12.4. The third kappa shape index (κ3) is 7.50. The molecule has 0 aliphatic carbocycles. The minimum atomic E-state index is 1.00. The average molecular weight is 637 g/mol. The topological polar surface area (TPSA) is 0 Å². The molecule has 0 aromatic heterocycles. The Kier molecular flexibility index (Phi) is 11.8. The first-order valence-corrected chi connectivity index (χ1v) is 17.5. The van der Waals surface area contributed by atoms with Gasteiger partial charge in [0.05, 0.1) is 0 Å². The lowest BCUT2D eigenvalue weighted by molar-refractivity contribution is 0.973. The molecule has 0 aliphatic rings. The lowest BCUT2D eigenvalue weighted by atomic mass is 9.82. The summed E-state index contributed by atoms with van der Waals surface area (Å²) < 4.78 is 0. The molecule has 5 aromatic carbocycles. The third-order valence-electron chi connectivity index (χ3n) is 9.33. The minimum absolute atomic E-state index is 1.00. The van der Waals surface area contributed by atoms with Crippen LogP contribution in [0.25, 0.3) is 67.5 Å². The molecule has 0 nitrogen and oxygen atoms in total. The zero-order valence-corrected chi connectivity index (χ0v) is 29.6. The van der Waals surface area contributed by atoms with E-state index in [2.05, 4.69) is 168 Å². The van der Waals surface area contributed by atoms with E-state index in [0.717, 1.165) is 41.5 Å². The molecule has 0 N–H and O–H groups in total. The standard InChI is InChI=1S/C49H48/c1-8-14-16-23-45(35(7)11-4)39-26-30-40(31-27-39)48-43(12-5)44(13-6)49(41-28-24-38(25-29-41)36(19-9-2)20-10-3)47-34-42(32-33-46(47)48)37-21-17-15-18-22-37/h8-9,12-19,21-34H,2,5-6,10-11,20H2,1,3-4,7H3/b14-8-,23-16-,36-19+,45-35+. The molecule has 5 rings (SSSR count). The first-order chi connectivity index (χ1) is 24.0. The second kappa shape index (κ2) is 16.6. The molecule has 244 valence electrons. The van der Waals surface area contributed by atoms with E-state index in [1.54, 1.807) is 0 Å². The highest BCUT2D eigenvalue weighted by molar-refractivity contribution is 6.12. The highest BCUT2D eigenvalue weighted by atomic mass is 14.2. The summed E-state index contributed by atoms with van der Waals surface area (Å²) >= 11 is 0. The molecule has 0 unspecified atom stereocenters. The van der Waals surface area contributed by atoms with Gasteiger partial charge in [0.2, 0.25) is 0 Å². The molecule has 0 atom stereocenters. The molecule has 0 radical (unpaired) electrons. The quantitative estimate of drug-likeness (QED) is 0.113. The summed E-state index contributed by atoms with van der Waals surface area (Å²) in [6.07, 6.45) is 19.6. The van der Waals surface area contributed by atoms with Crippen LogP contribution in [0.5, 0.6) is 0 Å². The summed E-state index contributed by atoms with van der Waals surface area (Å²) in [5, 5.41) is 2.39. The fourth-order valence-corrected chi connectivity index (χ4v) is 6.73. The maximum Gasteiger partial charge on any atom is -0.00264 e. The fraction of sp³-hybridized carbons (Fsp3) is 0.143. The highest BCUT2D eigenvalue weighted by Crippen LogP contribution is 2.45. The summed E-state index contributed by atoms with van der Waals surface area (Å²) in [6.45, 7) is 21.3. The normalized spacial score (nSPS) is 12.4. The summed E-state index contributed by atoms with van der Waals surface area (Å²) in [5.74, 6) is 0. The van der Waals surface area contributed by atoms with Crippen molar-refractivity contribution >= 4 is 34.1 Å². The van der Waals surface area contributed by atoms with Gasteiger partial charge >= 0.3 is 0 Å². The maximum absolute atomic E-state index is 4.36. The molecule has 0 aliphatic heterocycles. The molecule has 0 heteroatoms. The van der Waals surface area contributed by atoms with Crippen LogP contribution in [0.4, 0.5) is 0 Å². The van der Waals surface area contributed by atoms with Gasteiger partial charge in [0.1, 0.15) is 0 Å². The van der Waals surface area contributed by atoms with E-state index in [-0.39, 0.29) is 0 Å². The van der Waals surface area contributed by atoms with Gasteiger partial charge in [0, 0.05) is 0 Å². The molecule has 49 heavy (non-hydrogen) atoms. The van der Waals surface area contributed by atoms with Crippen LogP contribution in [0, 0.1) is 0 Å². The summed E-state index contributed by atoms with van der Waals surface area (Å²) in [6, 6.07) is 35.5. The van der Waals surface area contributed by atoms with Gasteiger partial charge in [0.15, 0.2) is 0 Å². The number of hydrogen-bond acceptors (Lipinski definition) is 0. The van der Waals surface area contributed by atoms with Gasteiger partial charge in [-0.3, -0.25) is 0 Å². The highest BCUT2D eigenvalue weighted by Gasteiger charge is 2.20. The Morgan fingerprint density at radius 2 is 1.22 bits per heavy atom. The summed E-state index contributed by atoms with van der Waals surface area (Å²) in [5.41, 5.74) is 15.6. The molecular weight excluding hydrogens is 589 g/mol. The van der Waals surface area contributed by atoms with Gasteiger partial charge in [-0.1, -0.05) is 185 Å². The van der Waals surface area contributed by atoms with Crippen LogP contribution in [0.2, 0.25) is 0 Å². The number of allylic oxidation sites excluding steroid dienone is 9. The Hall–Kier alpha value is -5.46. The van der Waals surface area contributed by atoms with Crippen LogP contribution in [0.3, 0.4) is 0 Å². The predicted octanol–water partition coefficient (Wildman–Crippen LogP) is 14.8. The Balaban J connectivity index is 1.78. The van der Waals surface area contributed by atoms with E-state index < -0.39 is 0 Å². The monoisotopic (exact) mass is 636 g/mol. The van der Waals surface area contributed by atoms with Crippen molar-refractivity contribution in [3.8, 4) is 33.4 Å². The lowest BCUT2D eigenvalue weighted by Crippen LogP contribution is -1.97. The first-order valence-electron chi connectivity index (χ1n) is 17.5. The van der Waals surface area contributed by atoms with E-state index >= 15 is 0 Å². The van der Waals surface area contributed by atoms with Gasteiger partial charge in [-0.2, -0.15) is 0 Å². The van der Waals surface area contributed by atoms with Crippen LogP contribution in [0.1, 0.15) is 69.2 Å². The number of fused-ring (bicyclic) bond motifs is 1. The fourth-order valence-electron chi connectivity index (χ4n) is 6.73. The third-order valence-corrected chi connectivity index (χ3v) is 9.33. The van der Waals surface area contributed by atoms with Crippen molar-refractivity contribution in [2.75, 3.05) is 0 Å². The Morgan fingerprint density at radius 1 is 0.633 bits per heavy atom. The summed E-state index contributed by atoms with van der Waals surface area (Å²) in [7, 11) is 0. The molecular formula is C49H48. The molecule has 0 bridgehead atoms. The molecule has 0 saturated heterocycles. The van der Waals surface area contributed by atoms with Crippen molar-refractivity contribution in [2.24, 2.45) is 0 Å². The number of rotatable bonds is 13. The van der Waals surface area contributed by atoms with Crippen molar-refractivity contribution in [3.05, 3.63) is 181 Å². The van der Waals surface area contributed by atoms with Crippen LogP contribution < -0.4 is 0 Å². The van der Waals surface area contributed by atoms with Crippen molar-refractivity contribution in [2.45, 2.75) is 47.0 Å². The molecule has 0 amide bonds. The van der Waals surface area contributed by atoms with Crippen LogP contribution >= 0.6 is 0 Å². The van der Waals surface area contributed by atoms with E-state index in [0.29, 0.717) is 0 Å². The smallest absolute Gasteiger partial charge is 0.00264 e. The lowest BCUT2D eigenvalue weighted by Gasteiger charge is -2.21. The van der Waals surface area contributed by atoms with E-state index in [1.807, 2.05) is 25.2 Å². The molecule has 0 heterocycles. The largest absolute Gasteiger partial charge is 0.0991 e. The van der Waals surface area contributed by atoms with Crippen LogP contribution in [-0.2, 0) is 0 Å². The van der Waals surface area contributed by atoms with E-state index in [9.17, 15) is 0 Å². The zero-order valence-electron chi connectivity index (χ0n) is 29.6. The van der Waals surface area contributed by atoms with E-state index in [4.69, 9.17) is 0 Å². The van der Waals surface area contributed by atoms with Gasteiger partial charge < -0.3 is 0 Å². The molecule has 0 fully saturated rings. The Labute approximate surface area is 294 Å². The molecule has 0 saturated carbocycles. The molecule has 5 aromatic rings. The number of benzene rings is 5. The average Bonchev–Trinajstić information content (AvgIpc) is 3.15. The Bertz CT molecular complexity index is 2070. The Morgan fingerprint density at radius 3 is 1.78 bits per heavy atom. The van der Waals surface area contributed by atoms with Crippen LogP contribution in [-0.4, -0.2) is 0 Å². The van der Waals surface area contributed by atoms with Crippen LogP contribution in [0.15, 0.2) is 159 Å².